The Balaban J connectivity index is 3.52. The van der Waals surface area contributed by atoms with Crippen molar-refractivity contribution in [1.29, 1.82) is 0 Å². The van der Waals surface area contributed by atoms with Crippen molar-refractivity contribution >= 4 is 11.9 Å². The first-order chi connectivity index (χ1) is 25.5. The maximum Gasteiger partial charge on any atom is 0.305 e. The lowest BCUT2D eigenvalue weighted by molar-refractivity contribution is -0.143. The van der Waals surface area contributed by atoms with Crippen LogP contribution in [0.5, 0.6) is 0 Å². The van der Waals surface area contributed by atoms with Gasteiger partial charge in [-0.15, -0.1) is 0 Å². The number of hydrogen-bond donors (Lipinski definition) is 3. The minimum absolute atomic E-state index is 0.0228. The number of carbonyl (C=O) groups is 2. The van der Waals surface area contributed by atoms with Gasteiger partial charge in [-0.25, -0.2) is 0 Å². The fraction of sp³-hybridized carbons (Fsp3) is 0.870. The topological polar surface area (TPSA) is 95.9 Å². The van der Waals surface area contributed by atoms with E-state index in [2.05, 4.69) is 31.3 Å². The second-order valence-corrected chi connectivity index (χ2v) is 15.4. The molecular formula is C46H87NO5. The Morgan fingerprint density at radius 3 is 1.42 bits per heavy atom. The quantitative estimate of drug-likeness (QED) is 0.0330. The van der Waals surface area contributed by atoms with E-state index in [4.69, 9.17) is 4.74 Å². The molecule has 0 aromatic rings. The summed E-state index contributed by atoms with van der Waals surface area (Å²) < 4.78 is 5.42. The molecule has 0 heterocycles. The Kier molecular flexibility index (Phi) is 40.7. The van der Waals surface area contributed by atoms with Crippen LogP contribution >= 0.6 is 0 Å². The summed E-state index contributed by atoms with van der Waals surface area (Å²) in [5.74, 6) is -0.109. The van der Waals surface area contributed by atoms with Gasteiger partial charge in [0, 0.05) is 12.8 Å². The van der Waals surface area contributed by atoms with Gasteiger partial charge in [0.15, 0.2) is 0 Å². The van der Waals surface area contributed by atoms with E-state index in [-0.39, 0.29) is 18.5 Å². The molecule has 2 unspecified atom stereocenters. The van der Waals surface area contributed by atoms with Gasteiger partial charge in [-0.3, -0.25) is 9.59 Å². The molecule has 0 aliphatic carbocycles. The number of amides is 1. The molecule has 0 aliphatic rings. The van der Waals surface area contributed by atoms with Crippen LogP contribution in [0.2, 0.25) is 0 Å². The van der Waals surface area contributed by atoms with Crippen molar-refractivity contribution < 1.29 is 24.5 Å². The zero-order valence-corrected chi connectivity index (χ0v) is 34.5. The van der Waals surface area contributed by atoms with Crippen LogP contribution in [0.25, 0.3) is 0 Å². The SMILES string of the molecule is CCCC/C=C\CCCCCCCC(=O)OCCCCCCCCCCCCCCC(=O)NC(CO)C(O)/C=C/CCCCCCCCCCCC. The van der Waals surface area contributed by atoms with Crippen LogP contribution in [0.4, 0.5) is 0 Å². The molecule has 0 saturated heterocycles. The largest absolute Gasteiger partial charge is 0.466 e. The van der Waals surface area contributed by atoms with Crippen molar-refractivity contribution in [2.45, 2.75) is 244 Å². The minimum Gasteiger partial charge on any atom is -0.466 e. The number of ether oxygens (including phenoxy) is 1. The highest BCUT2D eigenvalue weighted by atomic mass is 16.5. The van der Waals surface area contributed by atoms with Gasteiger partial charge in [0.25, 0.3) is 0 Å². The van der Waals surface area contributed by atoms with E-state index in [0.29, 0.717) is 19.4 Å². The molecule has 3 N–H and O–H groups in total. The fourth-order valence-corrected chi connectivity index (χ4v) is 6.67. The highest BCUT2D eigenvalue weighted by Crippen LogP contribution is 2.14. The molecule has 0 aliphatic heterocycles. The van der Waals surface area contributed by atoms with E-state index >= 15 is 0 Å². The van der Waals surface area contributed by atoms with Crippen molar-refractivity contribution in [2.75, 3.05) is 13.2 Å². The average molecular weight is 734 g/mol. The van der Waals surface area contributed by atoms with Gasteiger partial charge < -0.3 is 20.3 Å². The highest BCUT2D eigenvalue weighted by molar-refractivity contribution is 5.76. The van der Waals surface area contributed by atoms with Gasteiger partial charge in [0.2, 0.25) is 5.91 Å². The smallest absolute Gasteiger partial charge is 0.305 e. The van der Waals surface area contributed by atoms with Crippen molar-refractivity contribution in [1.82, 2.24) is 5.32 Å². The number of carbonyl (C=O) groups excluding carboxylic acids is 2. The van der Waals surface area contributed by atoms with Crippen LogP contribution in [0, 0.1) is 0 Å². The molecule has 0 aromatic carbocycles. The number of unbranched alkanes of at least 4 members (excludes halogenated alkanes) is 28. The maximum absolute atomic E-state index is 12.4. The third kappa shape index (κ3) is 38.1. The predicted octanol–water partition coefficient (Wildman–Crippen LogP) is 12.8. The van der Waals surface area contributed by atoms with Crippen LogP contribution in [0.15, 0.2) is 24.3 Å². The summed E-state index contributed by atoms with van der Waals surface area (Å²) in [6, 6.07) is -0.638. The maximum atomic E-state index is 12.4. The first-order valence-electron chi connectivity index (χ1n) is 22.6. The summed E-state index contributed by atoms with van der Waals surface area (Å²) in [5.41, 5.74) is 0. The fourth-order valence-electron chi connectivity index (χ4n) is 6.67. The Morgan fingerprint density at radius 2 is 0.923 bits per heavy atom. The van der Waals surface area contributed by atoms with Gasteiger partial charge in [-0.1, -0.05) is 192 Å². The number of aliphatic hydroxyl groups excluding tert-OH is 2. The van der Waals surface area contributed by atoms with Gasteiger partial charge in [-0.2, -0.15) is 0 Å². The second-order valence-electron chi connectivity index (χ2n) is 15.4. The Morgan fingerprint density at radius 1 is 0.519 bits per heavy atom. The van der Waals surface area contributed by atoms with E-state index in [9.17, 15) is 19.8 Å². The summed E-state index contributed by atoms with van der Waals surface area (Å²) in [7, 11) is 0. The van der Waals surface area contributed by atoms with E-state index in [0.717, 1.165) is 57.8 Å². The van der Waals surface area contributed by atoms with Crippen molar-refractivity contribution in [3.63, 3.8) is 0 Å². The molecule has 2 atom stereocenters. The summed E-state index contributed by atoms with van der Waals surface area (Å²) >= 11 is 0. The van der Waals surface area contributed by atoms with Gasteiger partial charge in [0.1, 0.15) is 0 Å². The highest BCUT2D eigenvalue weighted by Gasteiger charge is 2.18. The van der Waals surface area contributed by atoms with Gasteiger partial charge in [-0.05, 0) is 51.4 Å². The average Bonchev–Trinajstić information content (AvgIpc) is 3.14. The Hall–Kier alpha value is -1.66. The van der Waals surface area contributed by atoms with E-state index in [1.54, 1.807) is 6.08 Å². The Labute approximate surface area is 322 Å². The number of allylic oxidation sites excluding steroid dienone is 3. The molecule has 0 aromatic heterocycles. The minimum atomic E-state index is -0.853. The molecule has 52 heavy (non-hydrogen) atoms. The number of esters is 1. The van der Waals surface area contributed by atoms with Crippen molar-refractivity contribution in [2.24, 2.45) is 0 Å². The van der Waals surface area contributed by atoms with Crippen molar-refractivity contribution in [3.8, 4) is 0 Å². The Bertz CT molecular complexity index is 813. The summed E-state index contributed by atoms with van der Waals surface area (Å²) in [4.78, 5) is 24.3. The summed E-state index contributed by atoms with van der Waals surface area (Å²) in [6.07, 6.45) is 47.3. The second kappa shape index (κ2) is 42.1. The standard InChI is InChI=1S/C46H87NO5/c1-3-5-7-9-11-13-15-19-22-26-30-34-38-44(49)43(42-48)47-45(50)39-35-31-27-23-20-16-17-21-25-29-33-37-41-52-46(51)40-36-32-28-24-18-14-12-10-8-6-4-2/h10,12,34,38,43-44,48-49H,3-9,11,13-33,35-37,39-42H2,1-2H3,(H,47,50)/b12-10-,38-34+. The lowest BCUT2D eigenvalue weighted by Gasteiger charge is -2.20. The third-order valence-electron chi connectivity index (χ3n) is 10.2. The zero-order valence-electron chi connectivity index (χ0n) is 34.5. The molecule has 0 spiro atoms. The van der Waals surface area contributed by atoms with Crippen LogP contribution in [0.3, 0.4) is 0 Å². The lowest BCUT2D eigenvalue weighted by atomic mass is 10.0. The molecule has 0 radical (unpaired) electrons. The molecule has 6 nitrogen and oxygen atoms in total. The number of nitrogens with one attached hydrogen (secondary N) is 1. The zero-order chi connectivity index (χ0) is 38.0. The van der Waals surface area contributed by atoms with Crippen LogP contribution in [0.1, 0.15) is 232 Å². The van der Waals surface area contributed by atoms with Crippen LogP contribution in [-0.4, -0.2) is 47.4 Å². The van der Waals surface area contributed by atoms with Crippen LogP contribution in [-0.2, 0) is 14.3 Å². The first-order valence-corrected chi connectivity index (χ1v) is 22.6. The molecular weight excluding hydrogens is 647 g/mol. The van der Waals surface area contributed by atoms with Gasteiger partial charge >= 0.3 is 5.97 Å². The molecule has 0 saturated carbocycles. The molecule has 0 rings (SSSR count). The summed E-state index contributed by atoms with van der Waals surface area (Å²) in [6.45, 7) is 4.80. The van der Waals surface area contributed by atoms with Gasteiger partial charge in [0.05, 0.1) is 25.4 Å². The van der Waals surface area contributed by atoms with E-state index < -0.39 is 12.1 Å². The number of hydrogen-bond acceptors (Lipinski definition) is 5. The monoisotopic (exact) mass is 734 g/mol. The number of aliphatic hydroxyl groups is 2. The lowest BCUT2D eigenvalue weighted by Crippen LogP contribution is -2.45. The molecule has 0 bridgehead atoms. The predicted molar refractivity (Wildman–Crippen MR) is 223 cm³/mol. The normalized spacial score (nSPS) is 12.9. The summed E-state index contributed by atoms with van der Waals surface area (Å²) in [5, 5.41) is 22.9. The molecule has 1 amide bonds. The van der Waals surface area contributed by atoms with Crippen molar-refractivity contribution in [3.05, 3.63) is 24.3 Å². The van der Waals surface area contributed by atoms with E-state index in [1.165, 1.54) is 148 Å². The van der Waals surface area contributed by atoms with Crippen LogP contribution < -0.4 is 5.32 Å². The third-order valence-corrected chi connectivity index (χ3v) is 10.2. The van der Waals surface area contributed by atoms with E-state index in [1.807, 2.05) is 6.08 Å². The molecule has 6 heteroatoms. The molecule has 306 valence electrons. The first kappa shape index (κ1) is 50.3. The molecule has 0 fully saturated rings. The number of rotatable bonds is 41.